The summed E-state index contributed by atoms with van der Waals surface area (Å²) >= 11 is 0. The molecule has 1 heterocycles. The van der Waals surface area contributed by atoms with Crippen LogP contribution in [0.25, 0.3) is 0 Å². The van der Waals surface area contributed by atoms with Gasteiger partial charge in [0.2, 0.25) is 0 Å². The summed E-state index contributed by atoms with van der Waals surface area (Å²) in [6.45, 7) is 2.34. The number of nitrogens with two attached hydrogens (primary N) is 1. The zero-order valence-electron chi connectivity index (χ0n) is 6.61. The molecule has 6 heteroatoms. The first kappa shape index (κ1) is 8.38. The third-order valence-electron chi connectivity index (χ3n) is 1.49. The van der Waals surface area contributed by atoms with E-state index < -0.39 is 0 Å². The van der Waals surface area contributed by atoms with Gasteiger partial charge in [0.1, 0.15) is 5.69 Å². The Morgan fingerprint density at radius 2 is 2.58 bits per heavy atom. The van der Waals surface area contributed by atoms with Crippen molar-refractivity contribution in [2.75, 3.05) is 0 Å². The molecule has 1 aromatic heterocycles. The summed E-state index contributed by atoms with van der Waals surface area (Å²) in [7, 11) is 0. The van der Waals surface area contributed by atoms with Gasteiger partial charge < -0.3 is 10.9 Å². The fourth-order valence-electron chi connectivity index (χ4n) is 0.854. The summed E-state index contributed by atoms with van der Waals surface area (Å²) in [5.74, 6) is -0.0979. The molecule has 4 N–H and O–H groups in total. The molecular formula is C6H10N4O2. The van der Waals surface area contributed by atoms with E-state index in [0.29, 0.717) is 12.2 Å². The number of aromatic nitrogens is 2. The second kappa shape index (κ2) is 3.12. The van der Waals surface area contributed by atoms with Gasteiger partial charge in [-0.2, -0.15) is 0 Å². The van der Waals surface area contributed by atoms with E-state index in [0.717, 1.165) is 0 Å². The maximum Gasteiger partial charge on any atom is 0.267 e. The normalized spacial score (nSPS) is 11.9. The van der Waals surface area contributed by atoms with Crippen molar-refractivity contribution < 1.29 is 5.21 Å². The van der Waals surface area contributed by atoms with E-state index in [1.54, 1.807) is 0 Å². The van der Waals surface area contributed by atoms with Crippen LogP contribution in [0.2, 0.25) is 0 Å². The third kappa shape index (κ3) is 1.31. The molecule has 1 aromatic rings. The molecule has 0 bridgehead atoms. The van der Waals surface area contributed by atoms with Gasteiger partial charge in [0.25, 0.3) is 5.56 Å². The molecular weight excluding hydrogens is 160 g/mol. The fourth-order valence-corrected chi connectivity index (χ4v) is 0.854. The summed E-state index contributed by atoms with van der Waals surface area (Å²) in [4.78, 5) is 11.0. The molecule has 0 unspecified atom stereocenters. The van der Waals surface area contributed by atoms with E-state index in [-0.39, 0.29) is 11.4 Å². The topological polar surface area (TPSA) is 96.4 Å². The van der Waals surface area contributed by atoms with E-state index in [1.807, 2.05) is 6.92 Å². The number of aryl methyl sites for hydroxylation is 1. The highest BCUT2D eigenvalue weighted by Crippen LogP contribution is 1.88. The molecule has 0 aliphatic carbocycles. The van der Waals surface area contributed by atoms with Crippen LogP contribution in [0.3, 0.4) is 0 Å². The van der Waals surface area contributed by atoms with Crippen LogP contribution in [0.4, 0.5) is 0 Å². The van der Waals surface area contributed by atoms with Crippen molar-refractivity contribution in [3.05, 3.63) is 22.1 Å². The molecule has 0 aromatic carbocycles. The summed E-state index contributed by atoms with van der Waals surface area (Å²) in [5, 5.41) is 13.7. The maximum atomic E-state index is 11.0. The number of nitrogens with one attached hydrogen (secondary N) is 1. The average molecular weight is 170 g/mol. The molecule has 0 aliphatic heterocycles. The van der Waals surface area contributed by atoms with Crippen LogP contribution in [-0.4, -0.2) is 20.8 Å². The van der Waals surface area contributed by atoms with Gasteiger partial charge in [0.05, 0.1) is 0 Å². The molecule has 0 atom stereocenters. The number of hydrogen-bond donors (Lipinski definition) is 3. The average Bonchev–Trinajstić information content (AvgIpc) is 2.45. The molecule has 0 spiro atoms. The number of nitrogens with zero attached hydrogens (tertiary/aromatic N) is 2. The highest BCUT2D eigenvalue weighted by Gasteiger charge is 2.04. The SMILES string of the molecule is CCn1[nH]c(/C(N)=N\O)cc1=O. The first-order chi connectivity index (χ1) is 5.69. The number of amidine groups is 1. The first-order valence-corrected chi connectivity index (χ1v) is 3.46. The van der Waals surface area contributed by atoms with Gasteiger partial charge in [-0.15, -0.1) is 0 Å². The van der Waals surface area contributed by atoms with E-state index >= 15 is 0 Å². The lowest BCUT2D eigenvalue weighted by Crippen LogP contribution is -2.15. The number of H-pyrrole nitrogens is 1. The van der Waals surface area contributed by atoms with E-state index in [9.17, 15) is 4.79 Å². The Labute approximate surface area is 68.3 Å². The summed E-state index contributed by atoms with van der Waals surface area (Å²) < 4.78 is 1.35. The quantitative estimate of drug-likeness (QED) is 0.237. The zero-order valence-corrected chi connectivity index (χ0v) is 6.61. The molecule has 0 fully saturated rings. The standard InChI is InChI=1S/C6H10N4O2/c1-2-10-5(11)3-4(8-10)6(7)9-12/h3,8,12H,2H2,1H3,(H2,7,9). The molecule has 0 radical (unpaired) electrons. The van der Waals surface area contributed by atoms with Crippen molar-refractivity contribution >= 4 is 5.84 Å². The molecule has 0 saturated carbocycles. The highest BCUT2D eigenvalue weighted by atomic mass is 16.4. The molecule has 0 saturated heterocycles. The Bertz CT molecular complexity index is 349. The molecule has 66 valence electrons. The van der Waals surface area contributed by atoms with E-state index in [4.69, 9.17) is 10.9 Å². The second-order valence-corrected chi connectivity index (χ2v) is 2.24. The van der Waals surface area contributed by atoms with Crippen molar-refractivity contribution in [1.82, 2.24) is 9.78 Å². The minimum atomic E-state index is -0.195. The predicted molar refractivity (Wildman–Crippen MR) is 43.2 cm³/mol. The molecule has 1 rings (SSSR count). The summed E-state index contributed by atoms with van der Waals surface area (Å²) in [6, 6.07) is 1.28. The fraction of sp³-hybridized carbons (Fsp3) is 0.333. The third-order valence-corrected chi connectivity index (χ3v) is 1.49. The van der Waals surface area contributed by atoms with Gasteiger partial charge in [-0.3, -0.25) is 14.6 Å². The monoisotopic (exact) mass is 170 g/mol. The van der Waals surface area contributed by atoms with Crippen LogP contribution in [0.15, 0.2) is 16.0 Å². The predicted octanol–water partition coefficient (Wildman–Crippen LogP) is -0.709. The van der Waals surface area contributed by atoms with Crippen molar-refractivity contribution in [3.8, 4) is 0 Å². The van der Waals surface area contributed by atoms with Crippen LogP contribution in [0, 0.1) is 0 Å². The number of aromatic amines is 1. The minimum absolute atomic E-state index is 0.0979. The molecule has 0 amide bonds. The van der Waals surface area contributed by atoms with Gasteiger partial charge in [-0.25, -0.2) is 0 Å². The van der Waals surface area contributed by atoms with Crippen molar-refractivity contribution in [1.29, 1.82) is 0 Å². The Morgan fingerprint density at radius 3 is 3.00 bits per heavy atom. The number of oxime groups is 1. The first-order valence-electron chi connectivity index (χ1n) is 3.46. The van der Waals surface area contributed by atoms with Gasteiger partial charge >= 0.3 is 0 Å². The Morgan fingerprint density at radius 1 is 1.92 bits per heavy atom. The summed E-state index contributed by atoms with van der Waals surface area (Å²) in [5.41, 5.74) is 5.38. The lowest BCUT2D eigenvalue weighted by molar-refractivity contribution is 0.318. The van der Waals surface area contributed by atoms with E-state index in [1.165, 1.54) is 10.7 Å². The van der Waals surface area contributed by atoms with Crippen molar-refractivity contribution in [3.63, 3.8) is 0 Å². The lowest BCUT2D eigenvalue weighted by atomic mass is 10.4. The number of hydrogen-bond acceptors (Lipinski definition) is 3. The molecule has 0 aliphatic rings. The molecule has 12 heavy (non-hydrogen) atoms. The number of rotatable bonds is 2. The summed E-state index contributed by atoms with van der Waals surface area (Å²) in [6.07, 6.45) is 0. The largest absolute Gasteiger partial charge is 0.409 e. The Hall–Kier alpha value is -1.72. The van der Waals surface area contributed by atoms with Gasteiger partial charge in [-0.05, 0) is 6.92 Å². The second-order valence-electron chi connectivity index (χ2n) is 2.24. The van der Waals surface area contributed by atoms with Crippen molar-refractivity contribution in [2.45, 2.75) is 13.5 Å². The minimum Gasteiger partial charge on any atom is -0.409 e. The van der Waals surface area contributed by atoms with E-state index in [2.05, 4.69) is 10.3 Å². The van der Waals surface area contributed by atoms with Gasteiger partial charge in [-0.1, -0.05) is 5.16 Å². The smallest absolute Gasteiger partial charge is 0.267 e. The lowest BCUT2D eigenvalue weighted by Gasteiger charge is -1.94. The maximum absolute atomic E-state index is 11.0. The zero-order chi connectivity index (χ0) is 9.14. The van der Waals surface area contributed by atoms with Gasteiger partial charge in [0, 0.05) is 12.6 Å². The van der Waals surface area contributed by atoms with Crippen LogP contribution in [0.5, 0.6) is 0 Å². The van der Waals surface area contributed by atoms with Crippen LogP contribution in [0.1, 0.15) is 12.6 Å². The van der Waals surface area contributed by atoms with Crippen LogP contribution >= 0.6 is 0 Å². The van der Waals surface area contributed by atoms with Crippen LogP contribution < -0.4 is 11.3 Å². The Balaban J connectivity index is 3.13. The van der Waals surface area contributed by atoms with Crippen molar-refractivity contribution in [2.24, 2.45) is 10.9 Å². The van der Waals surface area contributed by atoms with Crippen LogP contribution in [-0.2, 0) is 6.54 Å². The highest BCUT2D eigenvalue weighted by molar-refractivity contribution is 5.94. The Kier molecular flexibility index (Phi) is 2.18. The van der Waals surface area contributed by atoms with Gasteiger partial charge in [0.15, 0.2) is 5.84 Å². The molecule has 6 nitrogen and oxygen atoms in total.